The van der Waals surface area contributed by atoms with Crippen LogP contribution in [0.3, 0.4) is 0 Å². The van der Waals surface area contributed by atoms with Gasteiger partial charge in [-0.05, 0) is 30.4 Å². The van der Waals surface area contributed by atoms with Crippen LogP contribution >= 0.6 is 0 Å². The van der Waals surface area contributed by atoms with E-state index in [9.17, 15) is 4.39 Å². The minimum atomic E-state index is -0.293. The summed E-state index contributed by atoms with van der Waals surface area (Å²) in [5.41, 5.74) is 3.37. The van der Waals surface area contributed by atoms with Crippen molar-refractivity contribution in [2.45, 2.75) is 32.7 Å². The smallest absolute Gasteiger partial charge is 0.168 e. The number of benzene rings is 1. The normalized spacial score (nSPS) is 12.8. The SMILES string of the molecule is COc1cccc(CC(CC(C)C)NN)c1F. The van der Waals surface area contributed by atoms with Crippen molar-refractivity contribution < 1.29 is 9.13 Å². The van der Waals surface area contributed by atoms with E-state index in [1.807, 2.05) is 0 Å². The summed E-state index contributed by atoms with van der Waals surface area (Å²) in [5, 5.41) is 0. The van der Waals surface area contributed by atoms with Crippen LogP contribution in [0.15, 0.2) is 18.2 Å². The van der Waals surface area contributed by atoms with Crippen LogP contribution in [0.5, 0.6) is 5.75 Å². The zero-order valence-corrected chi connectivity index (χ0v) is 10.7. The molecule has 0 spiro atoms. The Morgan fingerprint density at radius 2 is 2.12 bits per heavy atom. The van der Waals surface area contributed by atoms with Crippen LogP contribution in [0.1, 0.15) is 25.8 Å². The Kier molecular flexibility index (Phi) is 5.38. The highest BCUT2D eigenvalue weighted by molar-refractivity contribution is 5.31. The van der Waals surface area contributed by atoms with Crippen LogP contribution in [0.2, 0.25) is 0 Å². The van der Waals surface area contributed by atoms with Crippen LogP contribution in [0.4, 0.5) is 4.39 Å². The maximum atomic E-state index is 13.9. The maximum absolute atomic E-state index is 13.9. The van der Waals surface area contributed by atoms with Gasteiger partial charge in [-0.25, -0.2) is 4.39 Å². The van der Waals surface area contributed by atoms with Crippen molar-refractivity contribution in [1.82, 2.24) is 5.43 Å². The fourth-order valence-electron chi connectivity index (χ4n) is 1.92. The minimum Gasteiger partial charge on any atom is -0.494 e. The molecule has 0 aliphatic carbocycles. The maximum Gasteiger partial charge on any atom is 0.168 e. The lowest BCUT2D eigenvalue weighted by atomic mass is 9.97. The second-order valence-corrected chi connectivity index (χ2v) is 4.63. The molecule has 0 fully saturated rings. The van der Waals surface area contributed by atoms with E-state index in [-0.39, 0.29) is 17.6 Å². The van der Waals surface area contributed by atoms with Gasteiger partial charge < -0.3 is 4.74 Å². The first-order valence-electron chi connectivity index (χ1n) is 5.86. The van der Waals surface area contributed by atoms with Crippen LogP contribution in [0, 0.1) is 11.7 Å². The molecule has 1 atom stereocenters. The van der Waals surface area contributed by atoms with Crippen molar-refractivity contribution in [3.05, 3.63) is 29.6 Å². The van der Waals surface area contributed by atoms with Gasteiger partial charge in [0, 0.05) is 6.04 Å². The van der Waals surface area contributed by atoms with Crippen molar-refractivity contribution >= 4 is 0 Å². The molecule has 17 heavy (non-hydrogen) atoms. The van der Waals surface area contributed by atoms with Crippen LogP contribution < -0.4 is 16.0 Å². The molecule has 3 N–H and O–H groups in total. The Labute approximate surface area is 102 Å². The third kappa shape index (κ3) is 3.98. The van der Waals surface area contributed by atoms with Gasteiger partial charge in [0.15, 0.2) is 11.6 Å². The molecule has 1 aromatic rings. The van der Waals surface area contributed by atoms with Crippen LogP contribution in [-0.4, -0.2) is 13.2 Å². The average Bonchev–Trinajstić information content (AvgIpc) is 2.30. The largest absolute Gasteiger partial charge is 0.494 e. The Morgan fingerprint density at radius 3 is 2.65 bits per heavy atom. The standard InChI is InChI=1S/C13H21FN2O/c1-9(2)7-11(16-15)8-10-5-4-6-12(17-3)13(10)14/h4-6,9,11,16H,7-8,15H2,1-3H3. The fraction of sp³-hybridized carbons (Fsp3) is 0.538. The number of halogens is 1. The molecule has 0 amide bonds. The Balaban J connectivity index is 2.79. The van der Waals surface area contributed by atoms with Gasteiger partial charge in [0.25, 0.3) is 0 Å². The lowest BCUT2D eigenvalue weighted by Gasteiger charge is -2.18. The van der Waals surface area contributed by atoms with Gasteiger partial charge in [0.1, 0.15) is 0 Å². The summed E-state index contributed by atoms with van der Waals surface area (Å²) in [6, 6.07) is 5.26. The molecule has 0 aliphatic rings. The van der Waals surface area contributed by atoms with Crippen molar-refractivity contribution in [2.24, 2.45) is 11.8 Å². The number of rotatable bonds is 6. The molecule has 0 bridgehead atoms. The molecule has 0 aliphatic heterocycles. The first kappa shape index (κ1) is 13.9. The van der Waals surface area contributed by atoms with Crippen molar-refractivity contribution in [2.75, 3.05) is 7.11 Å². The van der Waals surface area contributed by atoms with Crippen molar-refractivity contribution in [3.63, 3.8) is 0 Å². The van der Waals surface area contributed by atoms with E-state index in [1.54, 1.807) is 18.2 Å². The lowest BCUT2D eigenvalue weighted by molar-refractivity contribution is 0.378. The number of hydrazine groups is 1. The summed E-state index contributed by atoms with van der Waals surface area (Å²) in [7, 11) is 1.47. The lowest BCUT2D eigenvalue weighted by Crippen LogP contribution is -2.37. The molecule has 0 heterocycles. The molecule has 1 rings (SSSR count). The first-order valence-corrected chi connectivity index (χ1v) is 5.86. The Morgan fingerprint density at radius 1 is 1.41 bits per heavy atom. The summed E-state index contributed by atoms with van der Waals surface area (Å²) < 4.78 is 18.9. The predicted octanol–water partition coefficient (Wildman–Crippen LogP) is 2.25. The number of methoxy groups -OCH3 is 1. The summed E-state index contributed by atoms with van der Waals surface area (Å²) >= 11 is 0. The highest BCUT2D eigenvalue weighted by atomic mass is 19.1. The zero-order chi connectivity index (χ0) is 12.8. The quantitative estimate of drug-likeness (QED) is 0.592. The minimum absolute atomic E-state index is 0.0802. The molecule has 4 heteroatoms. The number of hydrogen-bond acceptors (Lipinski definition) is 3. The summed E-state index contributed by atoms with van der Waals surface area (Å²) in [4.78, 5) is 0. The monoisotopic (exact) mass is 240 g/mol. The molecular formula is C13H21FN2O. The molecule has 0 radical (unpaired) electrons. The van der Waals surface area contributed by atoms with Gasteiger partial charge in [-0.3, -0.25) is 11.3 Å². The van der Waals surface area contributed by atoms with Crippen molar-refractivity contribution in [3.8, 4) is 5.75 Å². The highest BCUT2D eigenvalue weighted by Crippen LogP contribution is 2.22. The Bertz CT molecular complexity index is 355. The second kappa shape index (κ2) is 6.57. The number of hydrogen-bond donors (Lipinski definition) is 2. The molecule has 0 aromatic heterocycles. The topological polar surface area (TPSA) is 47.3 Å². The van der Waals surface area contributed by atoms with E-state index in [4.69, 9.17) is 10.6 Å². The molecule has 3 nitrogen and oxygen atoms in total. The molecule has 0 saturated heterocycles. The van der Waals surface area contributed by atoms with Crippen molar-refractivity contribution in [1.29, 1.82) is 0 Å². The average molecular weight is 240 g/mol. The summed E-state index contributed by atoms with van der Waals surface area (Å²) in [6.45, 7) is 4.23. The highest BCUT2D eigenvalue weighted by Gasteiger charge is 2.14. The van der Waals surface area contributed by atoms with Gasteiger partial charge in [0.05, 0.1) is 7.11 Å². The Hall–Kier alpha value is -1.13. The van der Waals surface area contributed by atoms with Gasteiger partial charge in [-0.2, -0.15) is 0 Å². The van der Waals surface area contributed by atoms with E-state index in [0.717, 1.165) is 6.42 Å². The fourth-order valence-corrected chi connectivity index (χ4v) is 1.92. The molecule has 1 aromatic carbocycles. The van der Waals surface area contributed by atoms with Gasteiger partial charge in [0.2, 0.25) is 0 Å². The summed E-state index contributed by atoms with van der Waals surface area (Å²) in [6.07, 6.45) is 1.48. The van der Waals surface area contributed by atoms with Gasteiger partial charge in [-0.1, -0.05) is 26.0 Å². The predicted molar refractivity (Wildman–Crippen MR) is 67.2 cm³/mol. The number of nitrogens with one attached hydrogen (secondary N) is 1. The van der Waals surface area contributed by atoms with E-state index < -0.39 is 0 Å². The van der Waals surface area contributed by atoms with Crippen LogP contribution in [-0.2, 0) is 6.42 Å². The van der Waals surface area contributed by atoms with E-state index in [0.29, 0.717) is 17.9 Å². The zero-order valence-electron chi connectivity index (χ0n) is 10.7. The molecule has 1 unspecified atom stereocenters. The third-order valence-electron chi connectivity index (χ3n) is 2.72. The number of ether oxygens (including phenoxy) is 1. The van der Waals surface area contributed by atoms with E-state index >= 15 is 0 Å². The van der Waals surface area contributed by atoms with E-state index in [2.05, 4.69) is 19.3 Å². The second-order valence-electron chi connectivity index (χ2n) is 4.63. The van der Waals surface area contributed by atoms with Gasteiger partial charge >= 0.3 is 0 Å². The number of nitrogens with two attached hydrogens (primary N) is 1. The molecular weight excluding hydrogens is 219 g/mol. The van der Waals surface area contributed by atoms with E-state index in [1.165, 1.54) is 7.11 Å². The van der Waals surface area contributed by atoms with Crippen LogP contribution in [0.25, 0.3) is 0 Å². The third-order valence-corrected chi connectivity index (χ3v) is 2.72. The first-order chi connectivity index (χ1) is 8.08. The molecule has 96 valence electrons. The van der Waals surface area contributed by atoms with Gasteiger partial charge in [-0.15, -0.1) is 0 Å². The molecule has 0 saturated carbocycles. The summed E-state index contributed by atoms with van der Waals surface area (Å²) in [5.74, 6) is 5.99.